The molecular formula is C30H50N4O2Si. The lowest BCUT2D eigenvalue weighted by Gasteiger charge is -2.39. The number of aryl methyl sites for hydroxylation is 1. The standard InChI is InChI=1S/C30H50N4O2Si/c1-29(2,3)37(4,5)36-20-24-13-15-30(14-8-16-34(24)30)21-35-28-31-26-10-7-6-9-25(26)27(32-28)33-18-22-11-12-23(17-22)19-33/h22-24H,6-21H2,1-5H3/t22?,23?,24-,30?/m1/s1. The minimum Gasteiger partial charge on any atom is -0.461 e. The highest BCUT2D eigenvalue weighted by Gasteiger charge is 2.50. The number of rotatable bonds is 7. The zero-order chi connectivity index (χ0) is 25.8. The molecule has 4 atom stereocenters. The van der Waals surface area contributed by atoms with E-state index in [1.807, 2.05) is 0 Å². The number of hydrogen-bond acceptors (Lipinski definition) is 6. The first-order chi connectivity index (χ1) is 17.6. The molecule has 3 unspecified atom stereocenters. The number of hydrogen-bond donors (Lipinski definition) is 0. The highest BCUT2D eigenvalue weighted by Crippen LogP contribution is 2.45. The van der Waals surface area contributed by atoms with Crippen LogP contribution in [0.4, 0.5) is 5.82 Å². The molecule has 206 valence electrons. The number of aromatic nitrogens is 2. The molecule has 0 spiro atoms. The van der Waals surface area contributed by atoms with Crippen LogP contribution in [-0.2, 0) is 17.3 Å². The van der Waals surface area contributed by atoms with Crippen molar-refractivity contribution in [3.05, 3.63) is 11.3 Å². The van der Waals surface area contributed by atoms with E-state index in [-0.39, 0.29) is 10.6 Å². The number of piperidine rings is 1. The number of ether oxygens (including phenoxy) is 1. The van der Waals surface area contributed by atoms with Crippen molar-refractivity contribution < 1.29 is 9.16 Å². The Kier molecular flexibility index (Phi) is 6.89. The highest BCUT2D eigenvalue weighted by molar-refractivity contribution is 6.74. The average molecular weight is 527 g/mol. The lowest BCUT2D eigenvalue weighted by Crippen LogP contribution is -2.50. The van der Waals surface area contributed by atoms with E-state index < -0.39 is 8.32 Å². The minimum absolute atomic E-state index is 0.130. The van der Waals surface area contributed by atoms with Gasteiger partial charge >= 0.3 is 6.01 Å². The van der Waals surface area contributed by atoms with E-state index in [1.54, 1.807) is 0 Å². The van der Waals surface area contributed by atoms with Crippen LogP contribution in [-0.4, -0.2) is 67.6 Å². The molecule has 6 nitrogen and oxygen atoms in total. The minimum atomic E-state index is -1.74. The number of nitrogens with zero attached hydrogens (tertiary/aromatic N) is 4. The van der Waals surface area contributed by atoms with Crippen molar-refractivity contribution >= 4 is 14.1 Å². The lowest BCUT2D eigenvalue weighted by atomic mass is 9.94. The number of anilines is 1. The summed E-state index contributed by atoms with van der Waals surface area (Å²) < 4.78 is 13.3. The predicted octanol–water partition coefficient (Wildman–Crippen LogP) is 5.99. The van der Waals surface area contributed by atoms with E-state index in [0.29, 0.717) is 18.7 Å². The fraction of sp³-hybridized carbons (Fsp3) is 0.867. The Labute approximate surface area is 226 Å². The molecule has 37 heavy (non-hydrogen) atoms. The summed E-state index contributed by atoms with van der Waals surface area (Å²) in [6.45, 7) is 16.9. The quantitative estimate of drug-likeness (QED) is 0.407. The molecule has 4 fully saturated rings. The molecule has 1 aromatic heterocycles. The van der Waals surface area contributed by atoms with Gasteiger partial charge in [0.1, 0.15) is 12.4 Å². The van der Waals surface area contributed by atoms with Gasteiger partial charge in [0.2, 0.25) is 0 Å². The van der Waals surface area contributed by atoms with Crippen LogP contribution in [0.1, 0.15) is 89.8 Å². The van der Waals surface area contributed by atoms with Gasteiger partial charge in [0.05, 0.1) is 11.2 Å². The monoisotopic (exact) mass is 526 g/mol. The predicted molar refractivity (Wildman–Crippen MR) is 152 cm³/mol. The van der Waals surface area contributed by atoms with Crippen LogP contribution in [0.3, 0.4) is 0 Å². The molecule has 0 amide bonds. The highest BCUT2D eigenvalue weighted by atomic mass is 28.4. The first-order valence-corrected chi connectivity index (χ1v) is 18.2. The topological polar surface area (TPSA) is 50.7 Å². The van der Waals surface area contributed by atoms with E-state index >= 15 is 0 Å². The van der Waals surface area contributed by atoms with Gasteiger partial charge in [0, 0.05) is 31.3 Å². The van der Waals surface area contributed by atoms with Gasteiger partial charge in [-0.25, -0.2) is 0 Å². The van der Waals surface area contributed by atoms with Crippen LogP contribution in [0.25, 0.3) is 0 Å². The van der Waals surface area contributed by atoms with E-state index in [0.717, 1.165) is 31.3 Å². The van der Waals surface area contributed by atoms with Crippen molar-refractivity contribution in [3.8, 4) is 6.01 Å². The SMILES string of the molecule is CC(C)(C)[Si](C)(C)OC[C@H]1CCC2(COc3nc4c(c(N5CC6CCC(C6)C5)n3)CCCC4)CCCN12. The first kappa shape index (κ1) is 26.1. The van der Waals surface area contributed by atoms with Crippen LogP contribution in [0.15, 0.2) is 0 Å². The Morgan fingerprint density at radius 2 is 1.73 bits per heavy atom. The Balaban J connectivity index is 1.16. The lowest BCUT2D eigenvalue weighted by molar-refractivity contribution is 0.0660. The molecule has 1 saturated carbocycles. The van der Waals surface area contributed by atoms with Gasteiger partial charge in [0.25, 0.3) is 0 Å². The molecule has 3 aliphatic heterocycles. The Hall–Kier alpha value is -1.18. The molecule has 0 radical (unpaired) electrons. The maximum atomic E-state index is 6.69. The van der Waals surface area contributed by atoms with Crippen LogP contribution in [0, 0.1) is 11.8 Å². The molecule has 0 aromatic carbocycles. The summed E-state index contributed by atoms with van der Waals surface area (Å²) in [5, 5.41) is 0.256. The summed E-state index contributed by atoms with van der Waals surface area (Å²) in [6, 6.07) is 1.15. The zero-order valence-electron chi connectivity index (χ0n) is 24.2. The summed E-state index contributed by atoms with van der Waals surface area (Å²) in [5.41, 5.74) is 2.81. The smallest absolute Gasteiger partial charge is 0.318 e. The molecule has 3 saturated heterocycles. The number of fused-ring (bicyclic) bond motifs is 4. The molecular weight excluding hydrogens is 476 g/mol. The molecule has 7 heteroatoms. The fourth-order valence-electron chi connectivity index (χ4n) is 7.77. The molecule has 0 N–H and O–H groups in total. The Morgan fingerprint density at radius 3 is 2.49 bits per heavy atom. The van der Waals surface area contributed by atoms with Crippen LogP contribution in [0.2, 0.25) is 18.1 Å². The Bertz CT molecular complexity index is 983. The third-order valence-corrected chi connectivity index (χ3v) is 15.5. The summed E-state index contributed by atoms with van der Waals surface area (Å²) >= 11 is 0. The van der Waals surface area contributed by atoms with Crippen LogP contribution < -0.4 is 9.64 Å². The second-order valence-electron chi connectivity index (χ2n) is 14.5. The van der Waals surface area contributed by atoms with E-state index in [2.05, 4.69) is 43.7 Å². The van der Waals surface area contributed by atoms with E-state index in [4.69, 9.17) is 19.1 Å². The zero-order valence-corrected chi connectivity index (χ0v) is 25.2. The van der Waals surface area contributed by atoms with Crippen molar-refractivity contribution in [2.24, 2.45) is 11.8 Å². The van der Waals surface area contributed by atoms with Crippen molar-refractivity contribution in [3.63, 3.8) is 0 Å². The van der Waals surface area contributed by atoms with Gasteiger partial charge in [-0.3, -0.25) is 4.90 Å². The molecule has 2 bridgehead atoms. The molecule has 4 heterocycles. The molecule has 6 rings (SSSR count). The van der Waals surface area contributed by atoms with Gasteiger partial charge < -0.3 is 14.1 Å². The van der Waals surface area contributed by atoms with E-state index in [9.17, 15) is 0 Å². The summed E-state index contributed by atoms with van der Waals surface area (Å²) in [6.07, 6.45) is 13.8. The van der Waals surface area contributed by atoms with Gasteiger partial charge in [-0.1, -0.05) is 20.8 Å². The second kappa shape index (κ2) is 9.78. The van der Waals surface area contributed by atoms with E-state index in [1.165, 1.54) is 94.5 Å². The van der Waals surface area contributed by atoms with Gasteiger partial charge in [-0.15, -0.1) is 0 Å². The van der Waals surface area contributed by atoms with Crippen molar-refractivity contribution in [1.29, 1.82) is 0 Å². The molecule has 2 aliphatic carbocycles. The Morgan fingerprint density at radius 1 is 0.973 bits per heavy atom. The van der Waals surface area contributed by atoms with Crippen molar-refractivity contribution in [2.75, 3.05) is 37.7 Å². The maximum Gasteiger partial charge on any atom is 0.318 e. The summed E-state index contributed by atoms with van der Waals surface area (Å²) in [5.74, 6) is 2.92. The van der Waals surface area contributed by atoms with Crippen LogP contribution in [0.5, 0.6) is 6.01 Å². The van der Waals surface area contributed by atoms with Gasteiger partial charge in [0.15, 0.2) is 8.32 Å². The third kappa shape index (κ3) is 4.97. The van der Waals surface area contributed by atoms with Crippen molar-refractivity contribution in [2.45, 2.75) is 121 Å². The van der Waals surface area contributed by atoms with Crippen molar-refractivity contribution in [1.82, 2.24) is 14.9 Å². The van der Waals surface area contributed by atoms with Gasteiger partial charge in [-0.05, 0) is 107 Å². The molecule has 5 aliphatic rings. The van der Waals surface area contributed by atoms with Crippen LogP contribution >= 0.6 is 0 Å². The summed E-state index contributed by atoms with van der Waals surface area (Å²) in [7, 11) is -1.74. The van der Waals surface area contributed by atoms with Gasteiger partial charge in [-0.2, -0.15) is 9.97 Å². The fourth-order valence-corrected chi connectivity index (χ4v) is 8.81. The average Bonchev–Trinajstić information content (AvgIpc) is 3.53. The second-order valence-corrected chi connectivity index (χ2v) is 19.3. The first-order valence-electron chi connectivity index (χ1n) is 15.3. The maximum absolute atomic E-state index is 6.69. The summed E-state index contributed by atoms with van der Waals surface area (Å²) in [4.78, 5) is 15.5. The normalized spacial score (nSPS) is 32.0. The third-order valence-electron chi connectivity index (χ3n) is 11.0. The largest absolute Gasteiger partial charge is 0.461 e. The molecule has 1 aromatic rings.